The zero-order chi connectivity index (χ0) is 25.2. The molecule has 4 aromatic rings. The monoisotopic (exact) mass is 480 g/mol. The van der Waals surface area contributed by atoms with Crippen LogP contribution in [0.25, 0.3) is 11.1 Å². The number of ether oxygens (including phenoxy) is 2. The number of methoxy groups -OCH3 is 1. The molecule has 0 saturated carbocycles. The molecule has 0 aliphatic heterocycles. The summed E-state index contributed by atoms with van der Waals surface area (Å²) in [4.78, 5) is 12.4. The van der Waals surface area contributed by atoms with Crippen molar-refractivity contribution in [2.75, 3.05) is 13.7 Å². The lowest BCUT2D eigenvalue weighted by atomic mass is 9.98. The SMILES string of the molecule is COc1cc(C#N)ccc1OCCCC(=O)NCc1ccccc1-c1ccc(Cn2cccn2)cc1. The van der Waals surface area contributed by atoms with Crippen molar-refractivity contribution in [3.05, 3.63) is 102 Å². The molecule has 182 valence electrons. The molecule has 0 aliphatic rings. The molecule has 1 aromatic heterocycles. The molecule has 0 saturated heterocycles. The van der Waals surface area contributed by atoms with Crippen molar-refractivity contribution in [2.24, 2.45) is 0 Å². The van der Waals surface area contributed by atoms with Crippen LogP contribution >= 0.6 is 0 Å². The average molecular weight is 481 g/mol. The third-order valence-corrected chi connectivity index (χ3v) is 5.76. The van der Waals surface area contributed by atoms with Crippen molar-refractivity contribution in [1.29, 1.82) is 5.26 Å². The van der Waals surface area contributed by atoms with Gasteiger partial charge in [-0.05, 0) is 46.9 Å². The molecule has 1 amide bonds. The van der Waals surface area contributed by atoms with Crippen LogP contribution in [0.15, 0.2) is 85.2 Å². The summed E-state index contributed by atoms with van der Waals surface area (Å²) in [5, 5.41) is 16.3. The first kappa shape index (κ1) is 24.6. The number of rotatable bonds is 11. The molecule has 3 aromatic carbocycles. The molecule has 7 heteroatoms. The second-order valence-electron chi connectivity index (χ2n) is 8.26. The number of benzene rings is 3. The van der Waals surface area contributed by atoms with Crippen LogP contribution in [0, 0.1) is 11.3 Å². The summed E-state index contributed by atoms with van der Waals surface area (Å²) in [6.07, 6.45) is 4.64. The van der Waals surface area contributed by atoms with Gasteiger partial charge in [-0.1, -0.05) is 48.5 Å². The van der Waals surface area contributed by atoms with Gasteiger partial charge >= 0.3 is 0 Å². The van der Waals surface area contributed by atoms with Crippen molar-refractivity contribution in [1.82, 2.24) is 15.1 Å². The lowest BCUT2D eigenvalue weighted by Crippen LogP contribution is -2.23. The number of aromatic nitrogens is 2. The van der Waals surface area contributed by atoms with Crippen molar-refractivity contribution < 1.29 is 14.3 Å². The molecule has 0 spiro atoms. The average Bonchev–Trinajstić information content (AvgIpc) is 3.43. The molecule has 36 heavy (non-hydrogen) atoms. The lowest BCUT2D eigenvalue weighted by Gasteiger charge is -2.13. The van der Waals surface area contributed by atoms with Gasteiger partial charge in [0.05, 0.1) is 31.9 Å². The number of hydrogen-bond donors (Lipinski definition) is 1. The minimum absolute atomic E-state index is 0.0326. The number of carbonyl (C=O) groups is 1. The van der Waals surface area contributed by atoms with Gasteiger partial charge in [-0.2, -0.15) is 10.4 Å². The standard InChI is InChI=1S/C29H28N4O3/c1-35-28-18-23(19-30)11-14-27(28)36-17-4-8-29(34)31-20-25-6-2-3-7-26(25)24-12-9-22(10-13-24)21-33-16-5-15-32-33/h2-3,5-7,9-16,18H,4,8,17,20-21H2,1H3,(H,31,34). The zero-order valence-electron chi connectivity index (χ0n) is 20.2. The molecule has 0 atom stereocenters. The summed E-state index contributed by atoms with van der Waals surface area (Å²) in [5.74, 6) is 1.03. The van der Waals surface area contributed by atoms with Gasteiger partial charge in [0, 0.05) is 31.4 Å². The molecule has 0 aliphatic carbocycles. The second-order valence-corrected chi connectivity index (χ2v) is 8.26. The molecular weight excluding hydrogens is 452 g/mol. The van der Waals surface area contributed by atoms with Gasteiger partial charge in [0.1, 0.15) is 0 Å². The Hall–Kier alpha value is -4.57. The summed E-state index contributed by atoms with van der Waals surface area (Å²) in [7, 11) is 1.53. The van der Waals surface area contributed by atoms with Gasteiger partial charge in [0.15, 0.2) is 11.5 Å². The normalized spacial score (nSPS) is 10.4. The Balaban J connectivity index is 1.27. The van der Waals surface area contributed by atoms with E-state index in [0.717, 1.165) is 23.2 Å². The van der Waals surface area contributed by atoms with Crippen LogP contribution in [0.4, 0.5) is 0 Å². The maximum Gasteiger partial charge on any atom is 0.220 e. The molecule has 0 radical (unpaired) electrons. The Morgan fingerprint density at radius 2 is 1.89 bits per heavy atom. The highest BCUT2D eigenvalue weighted by Gasteiger charge is 2.09. The molecule has 4 rings (SSSR count). The van der Waals surface area contributed by atoms with Crippen LogP contribution in [0.5, 0.6) is 11.5 Å². The quantitative estimate of drug-likeness (QED) is 0.307. The van der Waals surface area contributed by atoms with E-state index in [4.69, 9.17) is 14.7 Å². The predicted molar refractivity (Wildman–Crippen MR) is 137 cm³/mol. The van der Waals surface area contributed by atoms with Gasteiger partial charge in [0.2, 0.25) is 5.91 Å². The Morgan fingerprint density at radius 1 is 1.06 bits per heavy atom. The fourth-order valence-corrected chi connectivity index (χ4v) is 3.88. The predicted octanol–water partition coefficient (Wildman–Crippen LogP) is 4.95. The van der Waals surface area contributed by atoms with Crippen LogP contribution in [-0.4, -0.2) is 29.4 Å². The van der Waals surface area contributed by atoms with E-state index >= 15 is 0 Å². The highest BCUT2D eigenvalue weighted by Crippen LogP contribution is 2.28. The smallest absolute Gasteiger partial charge is 0.220 e. The van der Waals surface area contributed by atoms with E-state index in [0.29, 0.717) is 43.1 Å². The van der Waals surface area contributed by atoms with E-state index in [2.05, 4.69) is 46.8 Å². The third-order valence-electron chi connectivity index (χ3n) is 5.76. The second kappa shape index (κ2) is 12.2. The minimum Gasteiger partial charge on any atom is -0.493 e. The molecule has 1 N–H and O–H groups in total. The number of nitriles is 1. The number of nitrogens with zero attached hydrogens (tertiary/aromatic N) is 3. The van der Waals surface area contributed by atoms with Gasteiger partial charge < -0.3 is 14.8 Å². The number of carbonyl (C=O) groups excluding carboxylic acids is 1. The van der Waals surface area contributed by atoms with E-state index in [9.17, 15) is 4.79 Å². The van der Waals surface area contributed by atoms with Crippen LogP contribution in [-0.2, 0) is 17.9 Å². The topological polar surface area (TPSA) is 89.2 Å². The van der Waals surface area contributed by atoms with Crippen molar-refractivity contribution in [2.45, 2.75) is 25.9 Å². The Bertz CT molecular complexity index is 1330. The maximum absolute atomic E-state index is 12.4. The largest absolute Gasteiger partial charge is 0.493 e. The fraction of sp³-hybridized carbons (Fsp3) is 0.207. The van der Waals surface area contributed by atoms with Crippen molar-refractivity contribution >= 4 is 5.91 Å². The Labute approximate surface area is 210 Å². The van der Waals surface area contributed by atoms with Crippen LogP contribution in [0.3, 0.4) is 0 Å². The first-order valence-electron chi connectivity index (χ1n) is 11.8. The van der Waals surface area contributed by atoms with E-state index < -0.39 is 0 Å². The lowest BCUT2D eigenvalue weighted by molar-refractivity contribution is -0.121. The number of hydrogen-bond acceptors (Lipinski definition) is 5. The van der Waals surface area contributed by atoms with Crippen molar-refractivity contribution in [3.63, 3.8) is 0 Å². The maximum atomic E-state index is 12.4. The van der Waals surface area contributed by atoms with Gasteiger partial charge in [-0.25, -0.2) is 0 Å². The van der Waals surface area contributed by atoms with E-state index in [1.807, 2.05) is 35.1 Å². The van der Waals surface area contributed by atoms with Gasteiger partial charge in [-0.3, -0.25) is 9.48 Å². The molecule has 1 heterocycles. The molecule has 0 unspecified atom stereocenters. The van der Waals surface area contributed by atoms with Gasteiger partial charge in [0.25, 0.3) is 0 Å². The first-order valence-corrected chi connectivity index (χ1v) is 11.8. The summed E-state index contributed by atoms with van der Waals surface area (Å²) in [5.41, 5.74) is 4.94. The van der Waals surface area contributed by atoms with Crippen LogP contribution < -0.4 is 14.8 Å². The molecule has 0 fully saturated rings. The van der Waals surface area contributed by atoms with Crippen molar-refractivity contribution in [3.8, 4) is 28.7 Å². The summed E-state index contributed by atoms with van der Waals surface area (Å²) < 4.78 is 12.9. The third kappa shape index (κ3) is 6.51. The summed E-state index contributed by atoms with van der Waals surface area (Å²) >= 11 is 0. The van der Waals surface area contributed by atoms with Crippen LogP contribution in [0.2, 0.25) is 0 Å². The zero-order valence-corrected chi connectivity index (χ0v) is 20.2. The fourth-order valence-electron chi connectivity index (χ4n) is 3.88. The Kier molecular flexibility index (Phi) is 8.34. The molecular formula is C29H28N4O3. The number of amides is 1. The highest BCUT2D eigenvalue weighted by molar-refractivity contribution is 5.76. The van der Waals surface area contributed by atoms with E-state index in [1.54, 1.807) is 24.4 Å². The minimum atomic E-state index is -0.0326. The van der Waals surface area contributed by atoms with Gasteiger partial charge in [-0.15, -0.1) is 0 Å². The first-order chi connectivity index (χ1) is 17.7. The van der Waals surface area contributed by atoms with E-state index in [1.165, 1.54) is 12.7 Å². The van der Waals surface area contributed by atoms with E-state index in [-0.39, 0.29) is 5.91 Å². The molecule has 7 nitrogen and oxygen atoms in total. The number of nitrogens with one attached hydrogen (secondary N) is 1. The van der Waals surface area contributed by atoms with Crippen LogP contribution in [0.1, 0.15) is 29.5 Å². The highest BCUT2D eigenvalue weighted by atomic mass is 16.5. The Morgan fingerprint density at radius 3 is 2.64 bits per heavy atom. The summed E-state index contributed by atoms with van der Waals surface area (Å²) in [6, 6.07) is 25.5. The molecule has 0 bridgehead atoms. The summed E-state index contributed by atoms with van der Waals surface area (Å²) in [6.45, 7) is 1.55.